The van der Waals surface area contributed by atoms with Crippen molar-refractivity contribution in [3.63, 3.8) is 0 Å². The summed E-state index contributed by atoms with van der Waals surface area (Å²) < 4.78 is 5.05. The number of hydrogen-bond acceptors (Lipinski definition) is 3. The van der Waals surface area contributed by atoms with Gasteiger partial charge in [0, 0.05) is 13.7 Å². The average Bonchev–Trinajstić information content (AvgIpc) is 3.01. The molecule has 0 radical (unpaired) electrons. The molecule has 1 N–H and O–H groups in total. The number of nitrogens with one attached hydrogen (secondary N) is 1. The van der Waals surface area contributed by atoms with E-state index in [-0.39, 0.29) is 11.9 Å². The van der Waals surface area contributed by atoms with E-state index in [1.54, 1.807) is 14.0 Å². The van der Waals surface area contributed by atoms with Crippen molar-refractivity contribution in [1.29, 1.82) is 0 Å². The van der Waals surface area contributed by atoms with Gasteiger partial charge in [-0.25, -0.2) is 0 Å². The summed E-state index contributed by atoms with van der Waals surface area (Å²) in [6.07, 6.45) is 2.09. The molecule has 2 atom stereocenters. The van der Waals surface area contributed by atoms with Crippen LogP contribution in [0.15, 0.2) is 30.3 Å². The van der Waals surface area contributed by atoms with Crippen LogP contribution in [0.4, 0.5) is 0 Å². The molecule has 1 aromatic rings. The molecule has 2 unspecified atom stereocenters. The molecular formula is C16H24N2O2. The molecule has 0 aromatic heterocycles. The van der Waals surface area contributed by atoms with E-state index in [1.807, 2.05) is 6.07 Å². The number of amides is 1. The first-order chi connectivity index (χ1) is 9.72. The van der Waals surface area contributed by atoms with E-state index in [4.69, 9.17) is 4.74 Å². The molecule has 2 rings (SSSR count). The lowest BCUT2D eigenvalue weighted by Gasteiger charge is -2.28. The maximum atomic E-state index is 11.9. The Morgan fingerprint density at radius 3 is 2.55 bits per heavy atom. The first-order valence-electron chi connectivity index (χ1n) is 7.32. The van der Waals surface area contributed by atoms with Crippen LogP contribution in [0.1, 0.15) is 31.4 Å². The third-order valence-electron chi connectivity index (χ3n) is 3.96. The standard InChI is InChI=1S/C16H24N2O2/c1-13(20-2)16(19)17-12-15(18-10-6-7-11-18)14-8-4-3-5-9-14/h3-5,8-9,13,15H,6-7,10-12H2,1-2H3,(H,17,19). The van der Waals surface area contributed by atoms with Crippen molar-refractivity contribution in [2.45, 2.75) is 31.9 Å². The van der Waals surface area contributed by atoms with Gasteiger partial charge >= 0.3 is 0 Å². The molecule has 1 fully saturated rings. The number of nitrogens with zero attached hydrogens (tertiary/aromatic N) is 1. The SMILES string of the molecule is COC(C)C(=O)NCC(c1ccccc1)N1CCCC1. The van der Waals surface area contributed by atoms with E-state index in [0.29, 0.717) is 6.54 Å². The topological polar surface area (TPSA) is 41.6 Å². The Morgan fingerprint density at radius 2 is 1.95 bits per heavy atom. The van der Waals surface area contributed by atoms with Gasteiger partial charge in [-0.2, -0.15) is 0 Å². The summed E-state index contributed by atoms with van der Waals surface area (Å²) in [5, 5.41) is 3.00. The molecule has 1 saturated heterocycles. The number of benzene rings is 1. The number of hydrogen-bond donors (Lipinski definition) is 1. The van der Waals surface area contributed by atoms with Crippen molar-refractivity contribution in [2.24, 2.45) is 0 Å². The highest BCUT2D eigenvalue weighted by atomic mass is 16.5. The largest absolute Gasteiger partial charge is 0.372 e. The zero-order valence-electron chi connectivity index (χ0n) is 12.3. The molecule has 1 aliphatic heterocycles. The van der Waals surface area contributed by atoms with Crippen LogP contribution >= 0.6 is 0 Å². The summed E-state index contributed by atoms with van der Waals surface area (Å²) >= 11 is 0. The fourth-order valence-corrected chi connectivity index (χ4v) is 2.63. The Kier molecular flexibility index (Phi) is 5.56. The monoisotopic (exact) mass is 276 g/mol. The molecule has 0 aliphatic carbocycles. The molecule has 4 heteroatoms. The van der Waals surface area contributed by atoms with Crippen LogP contribution in [-0.2, 0) is 9.53 Å². The quantitative estimate of drug-likeness (QED) is 0.864. The van der Waals surface area contributed by atoms with Crippen molar-refractivity contribution in [1.82, 2.24) is 10.2 Å². The van der Waals surface area contributed by atoms with Crippen LogP contribution in [0, 0.1) is 0 Å². The molecular weight excluding hydrogens is 252 g/mol. The normalized spacial score (nSPS) is 18.7. The summed E-state index contributed by atoms with van der Waals surface area (Å²) in [5.74, 6) is -0.0485. The number of ether oxygens (including phenoxy) is 1. The van der Waals surface area contributed by atoms with E-state index in [2.05, 4.69) is 34.5 Å². The van der Waals surface area contributed by atoms with Gasteiger partial charge in [0.1, 0.15) is 6.10 Å². The maximum absolute atomic E-state index is 11.9. The molecule has 1 aromatic carbocycles. The van der Waals surface area contributed by atoms with Crippen molar-refractivity contribution in [2.75, 3.05) is 26.7 Å². The minimum atomic E-state index is -0.398. The molecule has 0 saturated carbocycles. The first kappa shape index (κ1) is 15.0. The highest BCUT2D eigenvalue weighted by Crippen LogP contribution is 2.24. The highest BCUT2D eigenvalue weighted by molar-refractivity contribution is 5.80. The number of methoxy groups -OCH3 is 1. The van der Waals surface area contributed by atoms with Crippen LogP contribution in [-0.4, -0.2) is 43.7 Å². The molecule has 1 aliphatic rings. The van der Waals surface area contributed by atoms with E-state index < -0.39 is 6.10 Å². The average molecular weight is 276 g/mol. The third-order valence-corrected chi connectivity index (χ3v) is 3.96. The second-order valence-electron chi connectivity index (χ2n) is 5.29. The molecule has 1 amide bonds. The van der Waals surface area contributed by atoms with Gasteiger partial charge in [0.2, 0.25) is 5.91 Å². The Morgan fingerprint density at radius 1 is 1.30 bits per heavy atom. The predicted octanol–water partition coefficient (Wildman–Crippen LogP) is 1.97. The second-order valence-corrected chi connectivity index (χ2v) is 5.29. The smallest absolute Gasteiger partial charge is 0.248 e. The van der Waals surface area contributed by atoms with Gasteiger partial charge < -0.3 is 10.1 Å². The maximum Gasteiger partial charge on any atom is 0.248 e. The molecule has 110 valence electrons. The summed E-state index contributed by atoms with van der Waals surface area (Å²) in [4.78, 5) is 14.3. The van der Waals surface area contributed by atoms with Crippen LogP contribution in [0.5, 0.6) is 0 Å². The van der Waals surface area contributed by atoms with Gasteiger partial charge in [0.25, 0.3) is 0 Å². The Bertz CT molecular complexity index is 416. The van der Waals surface area contributed by atoms with Gasteiger partial charge in [-0.05, 0) is 38.4 Å². The molecule has 0 bridgehead atoms. The van der Waals surface area contributed by atoms with Crippen LogP contribution in [0.2, 0.25) is 0 Å². The summed E-state index contributed by atoms with van der Waals surface area (Å²) in [6.45, 7) is 4.61. The van der Waals surface area contributed by atoms with Gasteiger partial charge in [-0.15, -0.1) is 0 Å². The highest BCUT2D eigenvalue weighted by Gasteiger charge is 2.24. The van der Waals surface area contributed by atoms with E-state index in [9.17, 15) is 4.79 Å². The lowest BCUT2D eigenvalue weighted by atomic mass is 10.1. The second kappa shape index (κ2) is 7.41. The Balaban J connectivity index is 2.02. The number of likely N-dealkylation sites (tertiary alicyclic amines) is 1. The number of rotatable bonds is 6. The number of carbonyl (C=O) groups is 1. The van der Waals surface area contributed by atoms with Gasteiger partial charge in [0.15, 0.2) is 0 Å². The van der Waals surface area contributed by atoms with Crippen molar-refractivity contribution in [3.8, 4) is 0 Å². The lowest BCUT2D eigenvalue weighted by Crippen LogP contribution is -2.40. The first-order valence-corrected chi connectivity index (χ1v) is 7.32. The van der Waals surface area contributed by atoms with E-state index >= 15 is 0 Å². The minimum Gasteiger partial charge on any atom is -0.372 e. The molecule has 20 heavy (non-hydrogen) atoms. The van der Waals surface area contributed by atoms with Crippen molar-refractivity contribution >= 4 is 5.91 Å². The lowest BCUT2D eigenvalue weighted by molar-refractivity contribution is -0.130. The van der Waals surface area contributed by atoms with Gasteiger partial charge in [-0.3, -0.25) is 9.69 Å². The van der Waals surface area contributed by atoms with Crippen molar-refractivity contribution in [3.05, 3.63) is 35.9 Å². The number of carbonyl (C=O) groups excluding carboxylic acids is 1. The molecule has 1 heterocycles. The fraction of sp³-hybridized carbons (Fsp3) is 0.562. The van der Waals surface area contributed by atoms with Crippen molar-refractivity contribution < 1.29 is 9.53 Å². The zero-order chi connectivity index (χ0) is 14.4. The molecule has 0 spiro atoms. The van der Waals surface area contributed by atoms with E-state index in [1.165, 1.54) is 18.4 Å². The third kappa shape index (κ3) is 3.81. The van der Waals surface area contributed by atoms with Gasteiger partial charge in [-0.1, -0.05) is 30.3 Å². The Hall–Kier alpha value is -1.39. The van der Waals surface area contributed by atoms with Crippen LogP contribution < -0.4 is 5.32 Å². The fourth-order valence-electron chi connectivity index (χ4n) is 2.63. The van der Waals surface area contributed by atoms with Crippen LogP contribution in [0.3, 0.4) is 0 Å². The zero-order valence-corrected chi connectivity index (χ0v) is 12.3. The molecule has 4 nitrogen and oxygen atoms in total. The summed E-state index contributed by atoms with van der Waals surface area (Å²) in [7, 11) is 1.55. The van der Waals surface area contributed by atoms with Gasteiger partial charge in [0.05, 0.1) is 6.04 Å². The Labute approximate surface area is 121 Å². The predicted molar refractivity (Wildman–Crippen MR) is 79.5 cm³/mol. The summed E-state index contributed by atoms with van der Waals surface area (Å²) in [6, 6.07) is 10.7. The minimum absolute atomic E-state index is 0.0485. The van der Waals surface area contributed by atoms with E-state index in [0.717, 1.165) is 13.1 Å². The summed E-state index contributed by atoms with van der Waals surface area (Å²) in [5.41, 5.74) is 1.26. The van der Waals surface area contributed by atoms with Crippen LogP contribution in [0.25, 0.3) is 0 Å².